The minimum absolute atomic E-state index is 0.709. The number of ether oxygens (including phenoxy) is 1. The molecular formula is C22H27N5O. The van der Waals surface area contributed by atoms with Crippen LogP contribution < -0.4 is 10.1 Å². The number of nitrogens with zero attached hydrogens (tertiary/aromatic N) is 4. The summed E-state index contributed by atoms with van der Waals surface area (Å²) in [6.45, 7) is 2.24. The molecule has 0 aliphatic rings. The van der Waals surface area contributed by atoms with Crippen molar-refractivity contribution in [3.8, 4) is 5.75 Å². The highest BCUT2D eigenvalue weighted by atomic mass is 16.5. The first-order valence-electron chi connectivity index (χ1n) is 9.27. The summed E-state index contributed by atoms with van der Waals surface area (Å²) in [6.07, 6.45) is 5.60. The monoisotopic (exact) mass is 377 g/mol. The van der Waals surface area contributed by atoms with Gasteiger partial charge in [-0.3, -0.25) is 4.99 Å². The van der Waals surface area contributed by atoms with Gasteiger partial charge in [-0.25, -0.2) is 4.98 Å². The smallest absolute Gasteiger partial charge is 0.193 e. The van der Waals surface area contributed by atoms with E-state index in [-0.39, 0.29) is 0 Å². The third kappa shape index (κ3) is 5.13. The number of benzene rings is 2. The van der Waals surface area contributed by atoms with Crippen LogP contribution in [-0.2, 0) is 19.6 Å². The van der Waals surface area contributed by atoms with Gasteiger partial charge in [0.25, 0.3) is 0 Å². The van der Waals surface area contributed by atoms with Crippen molar-refractivity contribution < 1.29 is 4.74 Å². The number of guanidine groups is 1. The van der Waals surface area contributed by atoms with Crippen molar-refractivity contribution in [3.63, 3.8) is 0 Å². The van der Waals surface area contributed by atoms with Gasteiger partial charge in [0, 0.05) is 51.7 Å². The normalized spacial score (nSPS) is 11.3. The molecule has 3 rings (SSSR count). The highest BCUT2D eigenvalue weighted by Gasteiger charge is 2.10. The predicted octanol–water partition coefficient (Wildman–Crippen LogP) is 3.15. The first-order chi connectivity index (χ1) is 13.7. The SMILES string of the molecule is CN=C(NCc1cccc(Cn2ccnc2)c1)N(C)Cc1ccccc1OC. The van der Waals surface area contributed by atoms with Gasteiger partial charge >= 0.3 is 0 Å². The lowest BCUT2D eigenvalue weighted by molar-refractivity contribution is 0.396. The molecule has 6 heteroatoms. The molecule has 0 spiro atoms. The molecule has 0 saturated carbocycles. The van der Waals surface area contributed by atoms with Gasteiger partial charge in [0.05, 0.1) is 13.4 Å². The number of methoxy groups -OCH3 is 1. The van der Waals surface area contributed by atoms with E-state index in [1.165, 1.54) is 11.1 Å². The molecule has 1 heterocycles. The molecule has 0 aliphatic heterocycles. The highest BCUT2D eigenvalue weighted by Crippen LogP contribution is 2.18. The largest absolute Gasteiger partial charge is 0.496 e. The summed E-state index contributed by atoms with van der Waals surface area (Å²) in [5, 5.41) is 3.45. The number of imidazole rings is 1. The Morgan fingerprint density at radius 3 is 2.75 bits per heavy atom. The van der Waals surface area contributed by atoms with Gasteiger partial charge < -0.3 is 19.5 Å². The van der Waals surface area contributed by atoms with E-state index < -0.39 is 0 Å². The van der Waals surface area contributed by atoms with Gasteiger partial charge in [-0.1, -0.05) is 42.5 Å². The average Bonchev–Trinajstić information content (AvgIpc) is 3.22. The summed E-state index contributed by atoms with van der Waals surface area (Å²) in [7, 11) is 5.52. The minimum Gasteiger partial charge on any atom is -0.496 e. The molecular weight excluding hydrogens is 350 g/mol. The molecule has 0 saturated heterocycles. The zero-order chi connectivity index (χ0) is 19.8. The number of aromatic nitrogens is 2. The molecule has 1 N–H and O–H groups in total. The van der Waals surface area contributed by atoms with Gasteiger partial charge in [0.2, 0.25) is 0 Å². The Hall–Kier alpha value is -3.28. The molecule has 0 atom stereocenters. The van der Waals surface area contributed by atoms with Gasteiger partial charge in [-0.05, 0) is 17.2 Å². The van der Waals surface area contributed by atoms with E-state index in [2.05, 4.69) is 55.1 Å². The Balaban J connectivity index is 1.60. The summed E-state index contributed by atoms with van der Waals surface area (Å²) in [4.78, 5) is 10.6. The lowest BCUT2D eigenvalue weighted by atomic mass is 10.1. The third-order valence-corrected chi connectivity index (χ3v) is 4.54. The van der Waals surface area contributed by atoms with E-state index >= 15 is 0 Å². The van der Waals surface area contributed by atoms with Crippen molar-refractivity contribution >= 4 is 5.96 Å². The topological polar surface area (TPSA) is 54.7 Å². The molecule has 0 aliphatic carbocycles. The van der Waals surface area contributed by atoms with Crippen molar-refractivity contribution in [3.05, 3.63) is 83.9 Å². The molecule has 0 unspecified atom stereocenters. The second kappa shape index (κ2) is 9.60. The molecule has 6 nitrogen and oxygen atoms in total. The van der Waals surface area contributed by atoms with Gasteiger partial charge in [-0.2, -0.15) is 0 Å². The zero-order valence-electron chi connectivity index (χ0n) is 16.7. The summed E-state index contributed by atoms with van der Waals surface area (Å²) in [5.74, 6) is 1.72. The van der Waals surface area contributed by atoms with Crippen LogP contribution in [0.15, 0.2) is 72.2 Å². The Morgan fingerprint density at radius 2 is 2.00 bits per heavy atom. The molecule has 2 aromatic carbocycles. The summed E-state index contributed by atoms with van der Waals surface area (Å²) in [6, 6.07) is 16.6. The summed E-state index contributed by atoms with van der Waals surface area (Å²) in [5.41, 5.74) is 3.58. The van der Waals surface area contributed by atoms with Crippen LogP contribution in [0.5, 0.6) is 5.75 Å². The molecule has 0 bridgehead atoms. The Bertz CT molecular complexity index is 905. The van der Waals surface area contributed by atoms with Crippen LogP contribution in [0, 0.1) is 0 Å². The molecule has 28 heavy (non-hydrogen) atoms. The molecule has 3 aromatic rings. The van der Waals surface area contributed by atoms with Crippen molar-refractivity contribution in [2.45, 2.75) is 19.6 Å². The summed E-state index contributed by atoms with van der Waals surface area (Å²) < 4.78 is 7.51. The van der Waals surface area contributed by atoms with Crippen LogP contribution in [-0.4, -0.2) is 41.6 Å². The minimum atomic E-state index is 0.709. The van der Waals surface area contributed by atoms with Crippen molar-refractivity contribution in [2.75, 3.05) is 21.2 Å². The van der Waals surface area contributed by atoms with Crippen LogP contribution in [0.25, 0.3) is 0 Å². The number of hydrogen-bond acceptors (Lipinski definition) is 3. The van der Waals surface area contributed by atoms with E-state index in [0.29, 0.717) is 13.1 Å². The van der Waals surface area contributed by atoms with Crippen molar-refractivity contribution in [1.29, 1.82) is 0 Å². The van der Waals surface area contributed by atoms with E-state index in [1.54, 1.807) is 20.4 Å². The van der Waals surface area contributed by atoms with E-state index in [1.807, 2.05) is 37.8 Å². The van der Waals surface area contributed by atoms with Crippen LogP contribution in [0.1, 0.15) is 16.7 Å². The standard InChI is InChI=1S/C22H27N5O/c1-23-22(26(2)16-20-9-4-5-10-21(20)28-3)25-14-18-7-6-8-19(13-18)15-27-12-11-24-17-27/h4-13,17H,14-16H2,1-3H3,(H,23,25). The van der Waals surface area contributed by atoms with Crippen molar-refractivity contribution in [1.82, 2.24) is 19.8 Å². The van der Waals surface area contributed by atoms with Crippen LogP contribution >= 0.6 is 0 Å². The number of para-hydroxylation sites is 1. The van der Waals surface area contributed by atoms with Gasteiger partial charge in [0.15, 0.2) is 5.96 Å². The summed E-state index contributed by atoms with van der Waals surface area (Å²) >= 11 is 0. The molecule has 0 fully saturated rings. The number of nitrogens with one attached hydrogen (secondary N) is 1. The second-order valence-corrected chi connectivity index (χ2v) is 6.62. The number of aliphatic imine (C=N–C) groups is 1. The van der Waals surface area contributed by atoms with Crippen molar-refractivity contribution in [2.24, 2.45) is 4.99 Å². The lowest BCUT2D eigenvalue weighted by Crippen LogP contribution is -2.38. The first-order valence-corrected chi connectivity index (χ1v) is 9.27. The highest BCUT2D eigenvalue weighted by molar-refractivity contribution is 5.79. The maximum absolute atomic E-state index is 5.45. The van der Waals surface area contributed by atoms with E-state index in [0.717, 1.165) is 23.8 Å². The maximum Gasteiger partial charge on any atom is 0.193 e. The van der Waals surface area contributed by atoms with Gasteiger partial charge in [-0.15, -0.1) is 0 Å². The first kappa shape index (κ1) is 19.5. The number of hydrogen-bond donors (Lipinski definition) is 1. The Morgan fingerprint density at radius 1 is 1.18 bits per heavy atom. The van der Waals surface area contributed by atoms with Crippen LogP contribution in [0.4, 0.5) is 0 Å². The lowest BCUT2D eigenvalue weighted by Gasteiger charge is -2.23. The van der Waals surface area contributed by atoms with Gasteiger partial charge in [0.1, 0.15) is 5.75 Å². The molecule has 0 radical (unpaired) electrons. The fourth-order valence-electron chi connectivity index (χ4n) is 3.16. The molecule has 146 valence electrons. The zero-order valence-corrected chi connectivity index (χ0v) is 16.7. The average molecular weight is 377 g/mol. The second-order valence-electron chi connectivity index (χ2n) is 6.62. The van der Waals surface area contributed by atoms with E-state index in [9.17, 15) is 0 Å². The van der Waals surface area contributed by atoms with E-state index in [4.69, 9.17) is 4.74 Å². The Kier molecular flexibility index (Phi) is 6.68. The molecule has 1 aromatic heterocycles. The quantitative estimate of drug-likeness (QED) is 0.508. The number of rotatable bonds is 7. The fraction of sp³-hybridized carbons (Fsp3) is 0.273. The Labute approximate surface area is 166 Å². The molecule has 0 amide bonds. The third-order valence-electron chi connectivity index (χ3n) is 4.54. The van der Waals surface area contributed by atoms with Crippen LogP contribution in [0.3, 0.4) is 0 Å². The maximum atomic E-state index is 5.45. The fourth-order valence-corrected chi connectivity index (χ4v) is 3.16. The predicted molar refractivity (Wildman–Crippen MR) is 112 cm³/mol. The van der Waals surface area contributed by atoms with Crippen LogP contribution in [0.2, 0.25) is 0 Å².